The van der Waals surface area contributed by atoms with Crippen molar-refractivity contribution in [3.05, 3.63) is 0 Å². The molecule has 2 aliphatic rings. The zero-order valence-corrected chi connectivity index (χ0v) is 7.86. The summed E-state index contributed by atoms with van der Waals surface area (Å²) in [6, 6.07) is 0.478. The second kappa shape index (κ2) is 3.08. The Hall–Kier alpha value is -0.530. The topological polar surface area (TPSA) is 21.6 Å². The van der Waals surface area contributed by atoms with Gasteiger partial charge in [0.15, 0.2) is 6.40 Å². The van der Waals surface area contributed by atoms with Crippen molar-refractivity contribution in [1.82, 2.24) is 0 Å². The fraction of sp³-hybridized carbons (Fsp3) is 0.900. The van der Waals surface area contributed by atoms with Crippen molar-refractivity contribution < 1.29 is 4.74 Å². The number of aliphatic imine (C=N–C) groups is 1. The quantitative estimate of drug-likeness (QED) is 0.587. The van der Waals surface area contributed by atoms with Gasteiger partial charge in [-0.3, -0.25) is 4.99 Å². The maximum absolute atomic E-state index is 5.54. The van der Waals surface area contributed by atoms with E-state index in [0.717, 1.165) is 11.8 Å². The van der Waals surface area contributed by atoms with Crippen molar-refractivity contribution in [2.45, 2.75) is 45.3 Å². The lowest BCUT2D eigenvalue weighted by molar-refractivity contribution is 0.0666. The van der Waals surface area contributed by atoms with E-state index in [4.69, 9.17) is 4.74 Å². The van der Waals surface area contributed by atoms with Gasteiger partial charge in [-0.05, 0) is 18.8 Å². The minimum absolute atomic E-state index is 0.402. The van der Waals surface area contributed by atoms with E-state index in [9.17, 15) is 0 Å². The number of ether oxygens (including phenoxy) is 1. The molecule has 2 nitrogen and oxygen atoms in total. The molecule has 3 atom stereocenters. The zero-order valence-electron chi connectivity index (χ0n) is 7.86. The Morgan fingerprint density at radius 3 is 3.00 bits per heavy atom. The normalized spacial score (nSPS) is 39.8. The van der Waals surface area contributed by atoms with Gasteiger partial charge in [-0.2, -0.15) is 0 Å². The van der Waals surface area contributed by atoms with Crippen molar-refractivity contribution >= 4 is 6.40 Å². The first kappa shape index (κ1) is 8.09. The van der Waals surface area contributed by atoms with E-state index in [0.29, 0.717) is 12.1 Å². The summed E-state index contributed by atoms with van der Waals surface area (Å²) in [5.41, 5.74) is 0. The third kappa shape index (κ3) is 1.23. The number of hydrogen-bond donors (Lipinski definition) is 0. The largest absolute Gasteiger partial charge is 0.478 e. The van der Waals surface area contributed by atoms with Gasteiger partial charge in [-0.25, -0.2) is 0 Å². The smallest absolute Gasteiger partial charge is 0.170 e. The standard InChI is InChI=1S/C10H17NO/c1-7(2)8-4-3-5-9-10(8)12-6-11-9/h6-10H,3-5H2,1-2H3. The minimum Gasteiger partial charge on any atom is -0.478 e. The van der Waals surface area contributed by atoms with Crippen molar-refractivity contribution in [1.29, 1.82) is 0 Å². The summed E-state index contributed by atoms with van der Waals surface area (Å²) in [6.07, 6.45) is 5.94. The Morgan fingerprint density at radius 2 is 2.25 bits per heavy atom. The lowest BCUT2D eigenvalue weighted by Crippen LogP contribution is -2.37. The van der Waals surface area contributed by atoms with E-state index in [1.54, 1.807) is 6.40 Å². The molecule has 0 spiro atoms. The van der Waals surface area contributed by atoms with Gasteiger partial charge in [-0.15, -0.1) is 0 Å². The second-order valence-corrected chi connectivity index (χ2v) is 4.26. The number of nitrogens with zero attached hydrogens (tertiary/aromatic N) is 1. The minimum atomic E-state index is 0.402. The molecule has 0 aromatic heterocycles. The fourth-order valence-corrected chi connectivity index (χ4v) is 2.42. The van der Waals surface area contributed by atoms with Crippen LogP contribution in [0.5, 0.6) is 0 Å². The van der Waals surface area contributed by atoms with Crippen molar-refractivity contribution in [2.75, 3.05) is 0 Å². The van der Waals surface area contributed by atoms with Gasteiger partial charge >= 0.3 is 0 Å². The Bertz CT molecular complexity index is 188. The average Bonchev–Trinajstić information content (AvgIpc) is 2.49. The summed E-state index contributed by atoms with van der Waals surface area (Å²) in [6.45, 7) is 4.57. The lowest BCUT2D eigenvalue weighted by Gasteiger charge is -2.33. The van der Waals surface area contributed by atoms with Gasteiger partial charge in [0.1, 0.15) is 6.10 Å². The Morgan fingerprint density at radius 1 is 1.42 bits per heavy atom. The van der Waals surface area contributed by atoms with E-state index < -0.39 is 0 Å². The van der Waals surface area contributed by atoms with Gasteiger partial charge < -0.3 is 4.74 Å². The zero-order chi connectivity index (χ0) is 8.55. The monoisotopic (exact) mass is 167 g/mol. The van der Waals surface area contributed by atoms with Gasteiger partial charge in [0.05, 0.1) is 6.04 Å². The summed E-state index contributed by atoms with van der Waals surface area (Å²) in [4.78, 5) is 4.34. The van der Waals surface area contributed by atoms with Crippen LogP contribution in [-0.2, 0) is 4.74 Å². The van der Waals surface area contributed by atoms with Crippen LogP contribution in [0.2, 0.25) is 0 Å². The molecule has 2 heteroatoms. The van der Waals surface area contributed by atoms with Crippen LogP contribution in [0.15, 0.2) is 4.99 Å². The van der Waals surface area contributed by atoms with Crippen LogP contribution in [-0.4, -0.2) is 18.5 Å². The molecule has 0 aromatic rings. The predicted octanol–water partition coefficient (Wildman–Crippen LogP) is 2.24. The SMILES string of the molecule is CC(C)C1CCCC2N=COC21. The van der Waals surface area contributed by atoms with E-state index in [2.05, 4.69) is 18.8 Å². The van der Waals surface area contributed by atoms with E-state index in [-0.39, 0.29) is 0 Å². The molecule has 1 saturated carbocycles. The van der Waals surface area contributed by atoms with Gasteiger partial charge in [0, 0.05) is 5.92 Å². The first-order valence-corrected chi connectivity index (χ1v) is 4.96. The third-order valence-corrected chi connectivity index (χ3v) is 3.17. The molecule has 0 radical (unpaired) electrons. The molecule has 3 unspecified atom stereocenters. The highest BCUT2D eigenvalue weighted by molar-refractivity contribution is 5.50. The highest BCUT2D eigenvalue weighted by atomic mass is 16.5. The Labute approximate surface area is 74.0 Å². The fourth-order valence-electron chi connectivity index (χ4n) is 2.42. The van der Waals surface area contributed by atoms with Crippen LogP contribution in [0.4, 0.5) is 0 Å². The van der Waals surface area contributed by atoms with E-state index >= 15 is 0 Å². The molecule has 1 aliphatic heterocycles. The third-order valence-electron chi connectivity index (χ3n) is 3.17. The molecule has 1 heterocycles. The van der Waals surface area contributed by atoms with Crippen LogP contribution >= 0.6 is 0 Å². The maximum atomic E-state index is 5.54. The van der Waals surface area contributed by atoms with Crippen LogP contribution in [0.25, 0.3) is 0 Å². The number of hydrogen-bond acceptors (Lipinski definition) is 2. The van der Waals surface area contributed by atoms with E-state index in [1.165, 1.54) is 19.3 Å². The van der Waals surface area contributed by atoms with Crippen molar-refractivity contribution in [3.8, 4) is 0 Å². The summed E-state index contributed by atoms with van der Waals surface area (Å²) >= 11 is 0. The first-order valence-electron chi connectivity index (χ1n) is 4.96. The summed E-state index contributed by atoms with van der Waals surface area (Å²) in [5, 5.41) is 0. The van der Waals surface area contributed by atoms with Crippen LogP contribution in [0.1, 0.15) is 33.1 Å². The second-order valence-electron chi connectivity index (χ2n) is 4.26. The van der Waals surface area contributed by atoms with Crippen LogP contribution < -0.4 is 0 Å². The molecule has 12 heavy (non-hydrogen) atoms. The maximum Gasteiger partial charge on any atom is 0.170 e. The molecule has 1 aliphatic carbocycles. The van der Waals surface area contributed by atoms with E-state index in [1.807, 2.05) is 0 Å². The van der Waals surface area contributed by atoms with Crippen LogP contribution in [0.3, 0.4) is 0 Å². The summed E-state index contributed by atoms with van der Waals surface area (Å²) < 4.78 is 5.54. The molecular weight excluding hydrogens is 150 g/mol. The molecule has 0 aromatic carbocycles. The highest BCUT2D eigenvalue weighted by Crippen LogP contribution is 2.35. The van der Waals surface area contributed by atoms with Crippen molar-refractivity contribution in [2.24, 2.45) is 16.8 Å². The van der Waals surface area contributed by atoms with Crippen molar-refractivity contribution in [3.63, 3.8) is 0 Å². The number of rotatable bonds is 1. The molecule has 1 fully saturated rings. The molecule has 68 valence electrons. The van der Waals surface area contributed by atoms with Crippen LogP contribution in [0, 0.1) is 11.8 Å². The van der Waals surface area contributed by atoms with Gasteiger partial charge in [0.2, 0.25) is 0 Å². The highest BCUT2D eigenvalue weighted by Gasteiger charge is 2.38. The lowest BCUT2D eigenvalue weighted by atomic mass is 9.77. The molecule has 0 amide bonds. The number of fused-ring (bicyclic) bond motifs is 1. The predicted molar refractivity (Wildman–Crippen MR) is 49.3 cm³/mol. The molecular formula is C10H17NO. The molecule has 0 bridgehead atoms. The van der Waals surface area contributed by atoms with Gasteiger partial charge in [0.25, 0.3) is 0 Å². The molecule has 0 N–H and O–H groups in total. The molecule has 0 saturated heterocycles. The summed E-state index contributed by atoms with van der Waals surface area (Å²) in [7, 11) is 0. The summed E-state index contributed by atoms with van der Waals surface area (Å²) in [5.74, 6) is 1.46. The average molecular weight is 167 g/mol. The van der Waals surface area contributed by atoms with Gasteiger partial charge in [-0.1, -0.05) is 20.3 Å². The Balaban J connectivity index is 2.06. The first-order chi connectivity index (χ1) is 5.79. The molecule has 2 rings (SSSR count). The Kier molecular flexibility index (Phi) is 2.07.